The minimum absolute atomic E-state index is 0.140. The maximum Gasteiger partial charge on any atom is 0.338 e. The number of anilines is 1. The van der Waals surface area contributed by atoms with Gasteiger partial charge in [-0.25, -0.2) is 9.79 Å². The lowest BCUT2D eigenvalue weighted by atomic mass is 9.93. The number of methoxy groups -OCH3 is 1. The number of carbonyl (C=O) groups is 2. The van der Waals surface area contributed by atoms with Crippen molar-refractivity contribution in [1.82, 2.24) is 4.57 Å². The molecule has 3 heterocycles. The second kappa shape index (κ2) is 10.3. The zero-order valence-corrected chi connectivity index (χ0v) is 23.0. The van der Waals surface area contributed by atoms with Gasteiger partial charge in [0.1, 0.15) is 10.3 Å². The molecule has 0 fully saturated rings. The average Bonchev–Trinajstić information content (AvgIpc) is 3.46. The molecular formula is C30H22ClN3O5S. The molecule has 2 aliphatic rings. The number of aromatic nitrogens is 1. The van der Waals surface area contributed by atoms with Crippen molar-refractivity contribution in [2.24, 2.45) is 4.99 Å². The molecule has 4 aromatic rings. The third-order valence-corrected chi connectivity index (χ3v) is 8.00. The number of carbonyl (C=O) groups excluding carboxylic acids is 2. The van der Waals surface area contributed by atoms with E-state index in [1.807, 2.05) is 36.4 Å². The first-order chi connectivity index (χ1) is 19.4. The van der Waals surface area contributed by atoms with Crippen LogP contribution in [0, 0.1) is 0 Å². The van der Waals surface area contributed by atoms with Crippen LogP contribution in [0.5, 0.6) is 5.75 Å². The van der Waals surface area contributed by atoms with Gasteiger partial charge < -0.3 is 14.8 Å². The Bertz CT molecular complexity index is 1910. The van der Waals surface area contributed by atoms with Crippen LogP contribution in [0.2, 0.25) is 5.02 Å². The molecule has 3 aromatic carbocycles. The lowest BCUT2D eigenvalue weighted by Gasteiger charge is -2.26. The SMILES string of the molecule is CCOC(=O)C1=C(c2ccccc2)N=c2s/c(=C3\C(=O)Nc4ccc(Cl)cc43)c(=O)n2[C@@H]1c1cccc(OC)c1. The normalized spacial score (nSPS) is 17.1. The van der Waals surface area contributed by atoms with Gasteiger partial charge in [-0.05, 0) is 42.8 Å². The second-order valence-electron chi connectivity index (χ2n) is 9.05. The van der Waals surface area contributed by atoms with E-state index in [2.05, 4.69) is 5.32 Å². The van der Waals surface area contributed by atoms with Crippen LogP contribution in [0.15, 0.2) is 88.2 Å². The smallest absolute Gasteiger partial charge is 0.338 e. The largest absolute Gasteiger partial charge is 0.497 e. The first kappa shape index (κ1) is 25.8. The van der Waals surface area contributed by atoms with Crippen molar-refractivity contribution in [1.29, 1.82) is 0 Å². The molecule has 1 amide bonds. The van der Waals surface area contributed by atoms with Gasteiger partial charge in [0.25, 0.3) is 11.5 Å². The van der Waals surface area contributed by atoms with E-state index < -0.39 is 23.5 Å². The fourth-order valence-corrected chi connectivity index (χ4v) is 6.25. The van der Waals surface area contributed by atoms with Crippen molar-refractivity contribution >= 4 is 51.8 Å². The standard InChI is InChI=1S/C30H22ClN3O5S/c1-3-39-29(37)23-24(16-8-5-4-6-9-16)33-30-34(25(23)17-10-7-11-19(14-17)38-2)28(36)26(40-30)22-20-15-18(31)12-13-21(20)32-27(22)35/h4-15,25H,3H2,1-2H3,(H,32,35)/b26-22-/t25-/m1/s1. The monoisotopic (exact) mass is 571 g/mol. The van der Waals surface area contributed by atoms with E-state index in [1.165, 1.54) is 4.57 Å². The van der Waals surface area contributed by atoms with Gasteiger partial charge in [-0.1, -0.05) is 65.4 Å². The average molecular weight is 572 g/mol. The van der Waals surface area contributed by atoms with Gasteiger partial charge in [-0.15, -0.1) is 0 Å². The quantitative estimate of drug-likeness (QED) is 0.366. The summed E-state index contributed by atoms with van der Waals surface area (Å²) in [4.78, 5) is 46.1. The highest BCUT2D eigenvalue weighted by atomic mass is 35.5. The first-order valence-corrected chi connectivity index (χ1v) is 13.7. The van der Waals surface area contributed by atoms with Crippen molar-refractivity contribution in [3.63, 3.8) is 0 Å². The van der Waals surface area contributed by atoms with Crippen molar-refractivity contribution in [3.8, 4) is 5.75 Å². The van der Waals surface area contributed by atoms with E-state index in [0.29, 0.717) is 43.6 Å². The van der Waals surface area contributed by atoms with E-state index in [0.717, 1.165) is 11.3 Å². The summed E-state index contributed by atoms with van der Waals surface area (Å²) in [6.07, 6.45) is 0. The summed E-state index contributed by atoms with van der Waals surface area (Å²) in [5, 5.41) is 3.25. The van der Waals surface area contributed by atoms with Crippen molar-refractivity contribution in [2.75, 3.05) is 19.0 Å². The maximum absolute atomic E-state index is 14.2. The van der Waals surface area contributed by atoms with E-state index in [1.54, 1.807) is 50.4 Å². The van der Waals surface area contributed by atoms with Gasteiger partial charge in [0, 0.05) is 21.8 Å². The number of rotatable bonds is 5. The molecule has 8 nitrogen and oxygen atoms in total. The highest BCUT2D eigenvalue weighted by molar-refractivity contribution is 7.07. The second-order valence-corrected chi connectivity index (χ2v) is 10.5. The van der Waals surface area contributed by atoms with Crippen LogP contribution in [-0.4, -0.2) is 30.2 Å². The number of hydrogen-bond acceptors (Lipinski definition) is 7. The summed E-state index contributed by atoms with van der Waals surface area (Å²) in [7, 11) is 1.55. The summed E-state index contributed by atoms with van der Waals surface area (Å²) < 4.78 is 12.6. The molecular weight excluding hydrogens is 550 g/mol. The highest BCUT2D eigenvalue weighted by Gasteiger charge is 2.36. The number of halogens is 1. The number of amides is 1. The van der Waals surface area contributed by atoms with Crippen LogP contribution in [0.3, 0.4) is 0 Å². The molecule has 0 saturated heterocycles. The van der Waals surface area contributed by atoms with E-state index in [4.69, 9.17) is 26.1 Å². The molecule has 0 unspecified atom stereocenters. The summed E-state index contributed by atoms with van der Waals surface area (Å²) in [6, 6.07) is 20.6. The van der Waals surface area contributed by atoms with Gasteiger partial charge >= 0.3 is 5.97 Å². The van der Waals surface area contributed by atoms with Gasteiger partial charge in [0.05, 0.1) is 36.6 Å². The van der Waals surface area contributed by atoms with Gasteiger partial charge in [0.15, 0.2) is 4.80 Å². The Hall–Kier alpha value is -4.47. The Morgan fingerprint density at radius 2 is 1.88 bits per heavy atom. The first-order valence-electron chi connectivity index (χ1n) is 12.5. The molecule has 0 bridgehead atoms. The lowest BCUT2D eigenvalue weighted by molar-refractivity contribution is -0.138. The minimum Gasteiger partial charge on any atom is -0.497 e. The Balaban J connectivity index is 1.72. The van der Waals surface area contributed by atoms with E-state index >= 15 is 0 Å². The number of nitrogens with one attached hydrogen (secondary N) is 1. The number of esters is 1. The van der Waals surface area contributed by atoms with Crippen LogP contribution >= 0.6 is 22.9 Å². The predicted octanol–water partition coefficient (Wildman–Crippen LogP) is 3.92. The van der Waals surface area contributed by atoms with Gasteiger partial charge in [-0.2, -0.15) is 0 Å². The number of benzene rings is 3. The molecule has 0 aliphatic carbocycles. The molecule has 10 heteroatoms. The number of nitrogens with zero attached hydrogens (tertiary/aromatic N) is 2. The lowest BCUT2D eigenvalue weighted by Crippen LogP contribution is -2.40. The zero-order valence-electron chi connectivity index (χ0n) is 21.4. The van der Waals surface area contributed by atoms with Gasteiger partial charge in [-0.3, -0.25) is 14.2 Å². The molecule has 2 aliphatic heterocycles. The topological polar surface area (TPSA) is 99.0 Å². The van der Waals surface area contributed by atoms with E-state index in [-0.39, 0.29) is 22.3 Å². The highest BCUT2D eigenvalue weighted by Crippen LogP contribution is 2.37. The van der Waals surface area contributed by atoms with Crippen molar-refractivity contribution in [3.05, 3.63) is 120 Å². The molecule has 1 N–H and O–H groups in total. The summed E-state index contributed by atoms with van der Waals surface area (Å²) in [5.74, 6) is -0.442. The number of ether oxygens (including phenoxy) is 2. The van der Waals surface area contributed by atoms with Crippen molar-refractivity contribution < 1.29 is 19.1 Å². The van der Waals surface area contributed by atoms with Crippen LogP contribution in [0.4, 0.5) is 5.69 Å². The Morgan fingerprint density at radius 3 is 2.62 bits per heavy atom. The Kier molecular flexibility index (Phi) is 6.61. The summed E-state index contributed by atoms with van der Waals surface area (Å²) >= 11 is 7.34. The van der Waals surface area contributed by atoms with Crippen molar-refractivity contribution in [2.45, 2.75) is 13.0 Å². The molecule has 1 atom stereocenters. The van der Waals surface area contributed by atoms with Gasteiger partial charge in [0.2, 0.25) is 0 Å². The molecule has 6 rings (SSSR count). The van der Waals surface area contributed by atoms with Crippen LogP contribution < -0.4 is 24.9 Å². The Morgan fingerprint density at radius 1 is 1.07 bits per heavy atom. The minimum atomic E-state index is -0.891. The fourth-order valence-electron chi connectivity index (χ4n) is 4.98. The summed E-state index contributed by atoms with van der Waals surface area (Å²) in [6.45, 7) is 1.86. The molecule has 40 heavy (non-hydrogen) atoms. The van der Waals surface area contributed by atoms with Crippen LogP contribution in [-0.2, 0) is 14.3 Å². The Labute approximate surface area is 237 Å². The summed E-state index contributed by atoms with van der Waals surface area (Å²) in [5.41, 5.74) is 2.79. The maximum atomic E-state index is 14.2. The third-order valence-electron chi connectivity index (χ3n) is 6.71. The number of fused-ring (bicyclic) bond motifs is 2. The number of thiazole rings is 1. The zero-order chi connectivity index (χ0) is 28.0. The predicted molar refractivity (Wildman–Crippen MR) is 153 cm³/mol. The van der Waals surface area contributed by atoms with E-state index in [9.17, 15) is 14.4 Å². The third kappa shape index (κ3) is 4.24. The molecule has 0 spiro atoms. The van der Waals surface area contributed by atoms with Crippen LogP contribution in [0.1, 0.15) is 29.7 Å². The fraction of sp³-hybridized carbons (Fsp3) is 0.133. The van der Waals surface area contributed by atoms with Crippen LogP contribution in [0.25, 0.3) is 11.3 Å². The molecule has 0 radical (unpaired) electrons. The molecule has 200 valence electrons. The molecule has 0 saturated carbocycles. The molecule has 1 aromatic heterocycles. The number of hydrogen-bond donors (Lipinski definition) is 1.